The lowest BCUT2D eigenvalue weighted by Crippen LogP contribution is -2.13. The normalized spacial score (nSPS) is 10.3. The van der Waals surface area contributed by atoms with Gasteiger partial charge in [0, 0.05) is 12.1 Å². The molecule has 0 radical (unpaired) electrons. The lowest BCUT2D eigenvalue weighted by Gasteiger charge is -2.11. The number of carbonyl (C=O) groups excluding carboxylic acids is 1. The SMILES string of the molecule is COc1ccc(NC(=O)CCCOc2cccc(C)c2C)cc1Cl. The van der Waals surface area contributed by atoms with Crippen molar-refractivity contribution < 1.29 is 14.3 Å². The van der Waals surface area contributed by atoms with Crippen LogP contribution in [0.25, 0.3) is 0 Å². The third-order valence-corrected chi connectivity index (χ3v) is 4.09. The van der Waals surface area contributed by atoms with Gasteiger partial charge in [-0.15, -0.1) is 0 Å². The Balaban J connectivity index is 1.77. The van der Waals surface area contributed by atoms with Crippen LogP contribution >= 0.6 is 11.6 Å². The molecule has 0 spiro atoms. The van der Waals surface area contributed by atoms with Crippen LogP contribution in [0, 0.1) is 13.8 Å². The van der Waals surface area contributed by atoms with Crippen molar-refractivity contribution in [3.63, 3.8) is 0 Å². The van der Waals surface area contributed by atoms with Crippen LogP contribution in [0.15, 0.2) is 36.4 Å². The third kappa shape index (κ3) is 4.90. The van der Waals surface area contributed by atoms with Crippen molar-refractivity contribution in [2.45, 2.75) is 26.7 Å². The second kappa shape index (κ2) is 8.60. The molecule has 0 unspecified atom stereocenters. The predicted molar refractivity (Wildman–Crippen MR) is 97.3 cm³/mol. The molecule has 0 heterocycles. The van der Waals surface area contributed by atoms with Gasteiger partial charge in [0.25, 0.3) is 0 Å². The number of hydrogen-bond acceptors (Lipinski definition) is 3. The number of hydrogen-bond donors (Lipinski definition) is 1. The monoisotopic (exact) mass is 347 g/mol. The van der Waals surface area contributed by atoms with E-state index in [1.54, 1.807) is 25.3 Å². The number of rotatable bonds is 7. The Hall–Kier alpha value is -2.20. The molecule has 4 nitrogen and oxygen atoms in total. The average Bonchev–Trinajstić information content (AvgIpc) is 2.55. The first kappa shape index (κ1) is 18.1. The van der Waals surface area contributed by atoms with Gasteiger partial charge in [0.05, 0.1) is 18.7 Å². The van der Waals surface area contributed by atoms with Crippen molar-refractivity contribution in [2.24, 2.45) is 0 Å². The lowest BCUT2D eigenvalue weighted by molar-refractivity contribution is -0.116. The molecule has 1 N–H and O–H groups in total. The highest BCUT2D eigenvalue weighted by molar-refractivity contribution is 6.32. The van der Waals surface area contributed by atoms with E-state index in [0.717, 1.165) is 11.3 Å². The van der Waals surface area contributed by atoms with Gasteiger partial charge in [-0.3, -0.25) is 4.79 Å². The van der Waals surface area contributed by atoms with Gasteiger partial charge in [0.1, 0.15) is 11.5 Å². The van der Waals surface area contributed by atoms with Crippen molar-refractivity contribution in [3.8, 4) is 11.5 Å². The van der Waals surface area contributed by atoms with Gasteiger partial charge < -0.3 is 14.8 Å². The van der Waals surface area contributed by atoms with Crippen molar-refractivity contribution in [3.05, 3.63) is 52.5 Å². The molecule has 24 heavy (non-hydrogen) atoms. The minimum atomic E-state index is -0.0687. The quantitative estimate of drug-likeness (QED) is 0.734. The summed E-state index contributed by atoms with van der Waals surface area (Å²) >= 11 is 6.04. The predicted octanol–water partition coefficient (Wildman–Crippen LogP) is 4.76. The molecule has 2 aromatic rings. The summed E-state index contributed by atoms with van der Waals surface area (Å²) in [6.07, 6.45) is 1.03. The number of ether oxygens (including phenoxy) is 2. The van der Waals surface area contributed by atoms with E-state index in [0.29, 0.717) is 35.9 Å². The first-order chi connectivity index (χ1) is 11.5. The van der Waals surface area contributed by atoms with Crippen molar-refractivity contribution in [1.29, 1.82) is 0 Å². The van der Waals surface area contributed by atoms with Crippen LogP contribution in [0.3, 0.4) is 0 Å². The van der Waals surface area contributed by atoms with Crippen molar-refractivity contribution in [2.75, 3.05) is 19.0 Å². The second-order valence-corrected chi connectivity index (χ2v) is 5.95. The summed E-state index contributed by atoms with van der Waals surface area (Å²) in [5.74, 6) is 1.38. The van der Waals surface area contributed by atoms with Gasteiger partial charge in [-0.25, -0.2) is 0 Å². The van der Waals surface area contributed by atoms with Crippen molar-refractivity contribution >= 4 is 23.2 Å². The van der Waals surface area contributed by atoms with Gasteiger partial charge in [0.15, 0.2) is 0 Å². The zero-order valence-corrected chi connectivity index (χ0v) is 14.9. The molecule has 128 valence electrons. The van der Waals surface area contributed by atoms with Crippen LogP contribution in [0.2, 0.25) is 5.02 Å². The summed E-state index contributed by atoms with van der Waals surface area (Å²) < 4.78 is 10.8. The molecular formula is C19H22ClNO3. The van der Waals surface area contributed by atoms with Crippen LogP contribution in [0.5, 0.6) is 11.5 Å². The molecule has 2 aromatic carbocycles. The second-order valence-electron chi connectivity index (χ2n) is 5.55. The lowest BCUT2D eigenvalue weighted by atomic mass is 10.1. The van der Waals surface area contributed by atoms with E-state index in [9.17, 15) is 4.79 Å². The summed E-state index contributed by atoms with van der Waals surface area (Å²) in [6.45, 7) is 4.58. The summed E-state index contributed by atoms with van der Waals surface area (Å²) in [5, 5.41) is 3.28. The molecule has 0 saturated carbocycles. The van der Waals surface area contributed by atoms with Gasteiger partial charge >= 0.3 is 0 Å². The van der Waals surface area contributed by atoms with Gasteiger partial charge in [-0.2, -0.15) is 0 Å². The van der Waals surface area contributed by atoms with E-state index in [1.807, 2.05) is 19.1 Å². The fourth-order valence-corrected chi connectivity index (χ4v) is 2.52. The number of carbonyl (C=O) groups is 1. The number of benzene rings is 2. The molecule has 0 aliphatic rings. The highest BCUT2D eigenvalue weighted by Gasteiger charge is 2.07. The largest absolute Gasteiger partial charge is 0.495 e. The molecule has 0 saturated heterocycles. The standard InChI is InChI=1S/C19H22ClNO3/c1-13-6-4-7-17(14(13)2)24-11-5-8-19(22)21-15-9-10-18(23-3)16(20)12-15/h4,6-7,9-10,12H,5,8,11H2,1-3H3,(H,21,22). The zero-order valence-electron chi connectivity index (χ0n) is 14.2. The first-order valence-electron chi connectivity index (χ1n) is 7.83. The number of methoxy groups -OCH3 is 1. The number of aryl methyl sites for hydroxylation is 1. The van der Waals surface area contributed by atoms with Crippen molar-refractivity contribution in [1.82, 2.24) is 0 Å². The maximum Gasteiger partial charge on any atom is 0.224 e. The van der Waals surface area contributed by atoms with Crippen LogP contribution in [-0.2, 0) is 4.79 Å². The van der Waals surface area contributed by atoms with E-state index in [1.165, 1.54) is 5.56 Å². The Labute approximate surface area is 147 Å². The summed E-state index contributed by atoms with van der Waals surface area (Å²) in [7, 11) is 1.55. The molecule has 1 amide bonds. The van der Waals surface area contributed by atoms with Crippen LogP contribution in [0.1, 0.15) is 24.0 Å². The molecule has 0 aliphatic heterocycles. The van der Waals surface area contributed by atoms with E-state index < -0.39 is 0 Å². The van der Waals surface area contributed by atoms with Crippen LogP contribution < -0.4 is 14.8 Å². The maximum atomic E-state index is 12.0. The average molecular weight is 348 g/mol. The van der Waals surface area contributed by atoms with E-state index in [4.69, 9.17) is 21.1 Å². The molecule has 0 aromatic heterocycles. The number of anilines is 1. The number of nitrogens with one attached hydrogen (secondary N) is 1. The van der Waals surface area contributed by atoms with Gasteiger partial charge in [-0.05, 0) is 55.7 Å². The Morgan fingerprint density at radius 1 is 1.17 bits per heavy atom. The van der Waals surface area contributed by atoms with E-state index >= 15 is 0 Å². The Morgan fingerprint density at radius 3 is 2.67 bits per heavy atom. The molecule has 0 fully saturated rings. The fourth-order valence-electron chi connectivity index (χ4n) is 2.26. The highest BCUT2D eigenvalue weighted by Crippen LogP contribution is 2.27. The summed E-state index contributed by atoms with van der Waals surface area (Å²) in [5.41, 5.74) is 2.98. The summed E-state index contributed by atoms with van der Waals surface area (Å²) in [6, 6.07) is 11.1. The Morgan fingerprint density at radius 2 is 1.96 bits per heavy atom. The highest BCUT2D eigenvalue weighted by atomic mass is 35.5. The molecule has 2 rings (SSSR count). The summed E-state index contributed by atoms with van der Waals surface area (Å²) in [4.78, 5) is 12.0. The molecule has 0 atom stereocenters. The number of halogens is 1. The van der Waals surface area contributed by atoms with E-state index in [-0.39, 0.29) is 5.91 Å². The topological polar surface area (TPSA) is 47.6 Å². The van der Waals surface area contributed by atoms with E-state index in [2.05, 4.69) is 18.3 Å². The maximum absolute atomic E-state index is 12.0. The minimum absolute atomic E-state index is 0.0687. The third-order valence-electron chi connectivity index (χ3n) is 3.80. The fraction of sp³-hybridized carbons (Fsp3) is 0.316. The van der Waals surface area contributed by atoms with Crippen LogP contribution in [-0.4, -0.2) is 19.6 Å². The molecule has 5 heteroatoms. The smallest absolute Gasteiger partial charge is 0.224 e. The Kier molecular flexibility index (Phi) is 6.50. The minimum Gasteiger partial charge on any atom is -0.495 e. The first-order valence-corrected chi connectivity index (χ1v) is 8.21. The van der Waals surface area contributed by atoms with Gasteiger partial charge in [-0.1, -0.05) is 23.7 Å². The molecule has 0 aliphatic carbocycles. The van der Waals surface area contributed by atoms with Crippen LogP contribution in [0.4, 0.5) is 5.69 Å². The molecular weight excluding hydrogens is 326 g/mol. The number of amides is 1. The van der Waals surface area contributed by atoms with Gasteiger partial charge in [0.2, 0.25) is 5.91 Å². The zero-order chi connectivity index (χ0) is 17.5. The Bertz CT molecular complexity index is 716. The molecule has 0 bridgehead atoms.